The molecule has 0 amide bonds. The number of thiophene rings is 1. The topological polar surface area (TPSA) is 47.5 Å². The number of hydrogen-bond donors (Lipinski definition) is 0. The van der Waals surface area contributed by atoms with Gasteiger partial charge in [0.25, 0.3) is 0 Å². The van der Waals surface area contributed by atoms with E-state index in [1.807, 2.05) is 11.3 Å². The Hall–Kier alpha value is -0.510. The fourth-order valence-corrected chi connectivity index (χ4v) is 7.02. The van der Waals surface area contributed by atoms with Crippen molar-refractivity contribution in [1.82, 2.24) is 14.9 Å². The third-order valence-electron chi connectivity index (χ3n) is 6.37. The van der Waals surface area contributed by atoms with Crippen LogP contribution in [0.15, 0.2) is 6.33 Å². The molecular weight excluding hydrogens is 473 g/mol. The van der Waals surface area contributed by atoms with Gasteiger partial charge < -0.3 is 9.47 Å². The molecule has 3 heterocycles. The summed E-state index contributed by atoms with van der Waals surface area (Å²) in [5, 5.41) is 1.21. The molecule has 1 aliphatic heterocycles. The van der Waals surface area contributed by atoms with Gasteiger partial charge in [0.05, 0.1) is 18.6 Å². The summed E-state index contributed by atoms with van der Waals surface area (Å²) in [6, 6.07) is 0.702. The predicted molar refractivity (Wildman–Crippen MR) is 116 cm³/mol. The number of alkyl halides is 1. The Morgan fingerprint density at radius 3 is 2.74 bits per heavy atom. The number of rotatable bonds is 4. The van der Waals surface area contributed by atoms with Gasteiger partial charge in [0.1, 0.15) is 17.3 Å². The number of halogens is 1. The van der Waals surface area contributed by atoms with E-state index in [1.165, 1.54) is 41.5 Å². The van der Waals surface area contributed by atoms with Gasteiger partial charge in [0.2, 0.25) is 5.88 Å². The lowest BCUT2D eigenvalue weighted by atomic mass is 9.91. The first-order chi connectivity index (χ1) is 13.3. The van der Waals surface area contributed by atoms with Crippen LogP contribution in [0.2, 0.25) is 0 Å². The van der Waals surface area contributed by atoms with Crippen LogP contribution in [0.1, 0.15) is 48.5 Å². The zero-order valence-electron chi connectivity index (χ0n) is 15.5. The maximum absolute atomic E-state index is 6.49. The van der Waals surface area contributed by atoms with Gasteiger partial charge in [-0.1, -0.05) is 22.6 Å². The lowest BCUT2D eigenvalue weighted by Crippen LogP contribution is -2.46. The normalized spacial score (nSPS) is 29.1. The van der Waals surface area contributed by atoms with E-state index in [9.17, 15) is 0 Å². The number of aromatic nitrogens is 2. The summed E-state index contributed by atoms with van der Waals surface area (Å²) >= 11 is 4.36. The minimum Gasteiger partial charge on any atom is -0.474 e. The summed E-state index contributed by atoms with van der Waals surface area (Å²) in [6.07, 6.45) is 9.10. The molecule has 2 fully saturated rings. The van der Waals surface area contributed by atoms with E-state index in [1.54, 1.807) is 6.33 Å². The van der Waals surface area contributed by atoms with Crippen LogP contribution >= 0.6 is 33.9 Å². The minimum absolute atomic E-state index is 0.287. The van der Waals surface area contributed by atoms with E-state index in [-0.39, 0.29) is 6.10 Å². The van der Waals surface area contributed by atoms with Crippen LogP contribution in [0.4, 0.5) is 0 Å². The number of morpholine rings is 1. The molecule has 27 heavy (non-hydrogen) atoms. The third-order valence-corrected chi connectivity index (χ3v) is 8.60. The molecule has 3 aliphatic rings. The smallest absolute Gasteiger partial charge is 0.225 e. The molecule has 0 N–H and O–H groups in total. The van der Waals surface area contributed by atoms with Crippen molar-refractivity contribution in [2.45, 2.75) is 56.6 Å². The van der Waals surface area contributed by atoms with Crippen molar-refractivity contribution in [1.29, 1.82) is 0 Å². The molecule has 1 atom stereocenters. The molecule has 0 bridgehead atoms. The zero-order chi connectivity index (χ0) is 18.2. The number of ether oxygens (including phenoxy) is 2. The van der Waals surface area contributed by atoms with Crippen LogP contribution in [-0.2, 0) is 11.2 Å². The fourth-order valence-electron chi connectivity index (χ4n) is 4.91. The van der Waals surface area contributed by atoms with E-state index in [4.69, 9.17) is 9.47 Å². The zero-order valence-corrected chi connectivity index (χ0v) is 18.5. The molecule has 2 aromatic heterocycles. The van der Waals surface area contributed by atoms with E-state index >= 15 is 0 Å². The highest BCUT2D eigenvalue weighted by atomic mass is 127. The summed E-state index contributed by atoms with van der Waals surface area (Å²) in [5.41, 5.74) is 1.49. The van der Waals surface area contributed by atoms with Crippen molar-refractivity contribution < 1.29 is 9.47 Å². The van der Waals surface area contributed by atoms with Crippen LogP contribution in [-0.4, -0.2) is 57.7 Å². The highest BCUT2D eigenvalue weighted by Gasteiger charge is 2.31. The molecular formula is C20H26IN3O2S. The highest BCUT2D eigenvalue weighted by Crippen LogP contribution is 2.46. The monoisotopic (exact) mass is 499 g/mol. The summed E-state index contributed by atoms with van der Waals surface area (Å²) < 4.78 is 13.2. The largest absolute Gasteiger partial charge is 0.474 e. The van der Waals surface area contributed by atoms with Crippen LogP contribution < -0.4 is 4.74 Å². The number of aryl methyl sites for hydroxylation is 1. The maximum atomic E-state index is 6.49. The Labute approximate surface area is 178 Å². The molecule has 5 rings (SSSR count). The van der Waals surface area contributed by atoms with Crippen molar-refractivity contribution in [3.05, 3.63) is 16.8 Å². The Morgan fingerprint density at radius 2 is 1.96 bits per heavy atom. The Kier molecular flexibility index (Phi) is 5.54. The Balaban J connectivity index is 1.31. The number of hydrogen-bond acceptors (Lipinski definition) is 6. The second kappa shape index (κ2) is 8.08. The van der Waals surface area contributed by atoms with E-state index in [0.717, 1.165) is 54.3 Å². The summed E-state index contributed by atoms with van der Waals surface area (Å²) in [4.78, 5) is 14.3. The van der Waals surface area contributed by atoms with Gasteiger partial charge in [-0.25, -0.2) is 9.97 Å². The first-order valence-corrected chi connectivity index (χ1v) is 12.5. The van der Waals surface area contributed by atoms with Gasteiger partial charge in [-0.2, -0.15) is 0 Å². The van der Waals surface area contributed by atoms with Crippen LogP contribution in [0, 0.1) is 0 Å². The first-order valence-electron chi connectivity index (χ1n) is 10.1. The molecule has 1 saturated heterocycles. The average molecular weight is 499 g/mol. The third kappa shape index (κ3) is 3.60. The average Bonchev–Trinajstić information content (AvgIpc) is 3.28. The predicted octanol–water partition coefficient (Wildman–Crippen LogP) is 4.18. The number of fused-ring (bicyclic) bond motifs is 3. The van der Waals surface area contributed by atoms with Gasteiger partial charge in [0, 0.05) is 28.4 Å². The van der Waals surface area contributed by atoms with Crippen molar-refractivity contribution in [2.75, 3.05) is 30.7 Å². The van der Waals surface area contributed by atoms with Crippen LogP contribution in [0.5, 0.6) is 5.88 Å². The van der Waals surface area contributed by atoms with E-state index in [0.29, 0.717) is 12.0 Å². The lowest BCUT2D eigenvalue weighted by molar-refractivity contribution is -0.00126. The van der Waals surface area contributed by atoms with Gasteiger partial charge in [-0.05, 0) is 50.0 Å². The minimum atomic E-state index is 0.287. The number of nitrogens with zero attached hydrogens (tertiary/aromatic N) is 3. The maximum Gasteiger partial charge on any atom is 0.225 e. The van der Waals surface area contributed by atoms with Crippen molar-refractivity contribution in [3.63, 3.8) is 0 Å². The van der Waals surface area contributed by atoms with Gasteiger partial charge in [0.15, 0.2) is 0 Å². The van der Waals surface area contributed by atoms with Gasteiger partial charge in [-0.15, -0.1) is 11.3 Å². The second-order valence-electron chi connectivity index (χ2n) is 7.88. The van der Waals surface area contributed by atoms with Gasteiger partial charge >= 0.3 is 0 Å². The van der Waals surface area contributed by atoms with Crippen LogP contribution in [0.25, 0.3) is 10.2 Å². The molecule has 0 aromatic carbocycles. The quantitative estimate of drug-likeness (QED) is 0.467. The van der Waals surface area contributed by atoms with E-state index in [2.05, 4.69) is 37.5 Å². The highest BCUT2D eigenvalue weighted by molar-refractivity contribution is 14.1. The molecule has 2 aliphatic carbocycles. The molecule has 5 nitrogen and oxygen atoms in total. The van der Waals surface area contributed by atoms with E-state index < -0.39 is 0 Å². The molecule has 0 radical (unpaired) electrons. The summed E-state index contributed by atoms with van der Waals surface area (Å²) in [5.74, 6) is 1.48. The van der Waals surface area contributed by atoms with Gasteiger partial charge in [-0.3, -0.25) is 4.90 Å². The molecule has 7 heteroatoms. The van der Waals surface area contributed by atoms with Crippen molar-refractivity contribution >= 4 is 44.1 Å². The molecule has 2 aromatic rings. The summed E-state index contributed by atoms with van der Waals surface area (Å²) in [6.45, 7) is 3.94. The standard InChI is InChI=1S/C20H26IN3O2S/c21-11-13-1-6-16-17(13)18-19(22-12-23-20(18)27-16)26-15-4-2-14(3-5-15)24-7-9-25-10-8-24/h12-15H,1-11H2/t13-,14?,15?/m1/s1. The molecule has 0 spiro atoms. The van der Waals surface area contributed by atoms with Crippen molar-refractivity contribution in [2.24, 2.45) is 0 Å². The van der Waals surface area contributed by atoms with Crippen LogP contribution in [0.3, 0.4) is 0 Å². The van der Waals surface area contributed by atoms with Crippen molar-refractivity contribution in [3.8, 4) is 5.88 Å². The summed E-state index contributed by atoms with van der Waals surface area (Å²) in [7, 11) is 0. The Morgan fingerprint density at radius 1 is 1.15 bits per heavy atom. The fraction of sp³-hybridized carbons (Fsp3) is 0.700. The lowest BCUT2D eigenvalue weighted by Gasteiger charge is -2.38. The first kappa shape index (κ1) is 18.5. The molecule has 0 unspecified atom stereocenters. The molecule has 146 valence electrons. The Bertz CT molecular complexity index is 800. The SMILES string of the molecule is IC[C@H]1CCc2sc3ncnc(OC4CCC(N5CCOCC5)CC4)c3c21. The second-order valence-corrected chi connectivity index (χ2v) is 9.85. The molecule has 1 saturated carbocycles.